The second-order valence-corrected chi connectivity index (χ2v) is 5.85. The highest BCUT2D eigenvalue weighted by molar-refractivity contribution is 7.90. The van der Waals surface area contributed by atoms with Crippen LogP contribution in [0.3, 0.4) is 0 Å². The summed E-state index contributed by atoms with van der Waals surface area (Å²) < 4.78 is 33.8. The van der Waals surface area contributed by atoms with Crippen molar-refractivity contribution in [2.75, 3.05) is 18.4 Å². The van der Waals surface area contributed by atoms with Gasteiger partial charge in [-0.2, -0.15) is 18.2 Å². The Labute approximate surface area is 112 Å². The number of anilines is 1. The van der Waals surface area contributed by atoms with Gasteiger partial charge in [0.25, 0.3) is 10.2 Å². The second kappa shape index (κ2) is 6.53. The zero-order chi connectivity index (χ0) is 14.5. The molecule has 0 amide bonds. The zero-order valence-corrected chi connectivity index (χ0v) is 11.9. The molecule has 0 saturated carbocycles. The summed E-state index contributed by atoms with van der Waals surface area (Å²) in [6.07, 6.45) is 2.73. The molecule has 1 aromatic heterocycles. The summed E-state index contributed by atoms with van der Waals surface area (Å²) in [5, 5.41) is 3.84. The van der Waals surface area contributed by atoms with Gasteiger partial charge in [-0.1, -0.05) is 13.8 Å². The molecule has 1 heterocycles. The van der Waals surface area contributed by atoms with Gasteiger partial charge >= 0.3 is 5.97 Å². The fourth-order valence-electron chi connectivity index (χ4n) is 1.17. The maximum atomic E-state index is 11.6. The average molecular weight is 290 g/mol. The molecule has 19 heavy (non-hydrogen) atoms. The molecule has 0 unspecified atom stereocenters. The third kappa shape index (κ3) is 5.71. The molecule has 2 N–H and O–H groups in total. The minimum absolute atomic E-state index is 0.0718. The summed E-state index contributed by atoms with van der Waals surface area (Å²) in [6, 6.07) is 0. The van der Waals surface area contributed by atoms with Gasteiger partial charge < -0.3 is 4.74 Å². The maximum Gasteiger partial charge on any atom is 0.327 e. The normalized spacial score (nSPS) is 11.6. The van der Waals surface area contributed by atoms with Crippen LogP contribution in [0, 0.1) is 5.92 Å². The molecular formula is C10H18N4O4S. The molecule has 0 spiro atoms. The summed E-state index contributed by atoms with van der Waals surface area (Å²) in [7, 11) is -2.35. The van der Waals surface area contributed by atoms with Crippen LogP contribution in [0.25, 0.3) is 0 Å². The van der Waals surface area contributed by atoms with Crippen LogP contribution >= 0.6 is 0 Å². The molecule has 1 rings (SSSR count). The smallest absolute Gasteiger partial charge is 0.327 e. The summed E-state index contributed by atoms with van der Waals surface area (Å²) in [5.41, 5.74) is 0.278. The van der Waals surface area contributed by atoms with Crippen molar-refractivity contribution in [3.63, 3.8) is 0 Å². The van der Waals surface area contributed by atoms with Gasteiger partial charge in [0.1, 0.15) is 6.54 Å². The molecule has 0 atom stereocenters. The van der Waals surface area contributed by atoms with E-state index in [9.17, 15) is 13.2 Å². The highest BCUT2D eigenvalue weighted by Gasteiger charge is 2.12. The van der Waals surface area contributed by atoms with Crippen molar-refractivity contribution in [2.45, 2.75) is 20.4 Å². The number of esters is 1. The number of ether oxygens (including phenoxy) is 1. The van der Waals surface area contributed by atoms with Crippen LogP contribution in [0.15, 0.2) is 12.4 Å². The van der Waals surface area contributed by atoms with Crippen LogP contribution in [0.2, 0.25) is 0 Å². The number of hydrogen-bond acceptors (Lipinski definition) is 5. The third-order valence-electron chi connectivity index (χ3n) is 2.09. The van der Waals surface area contributed by atoms with E-state index in [1.165, 1.54) is 24.2 Å². The van der Waals surface area contributed by atoms with Crippen molar-refractivity contribution in [1.29, 1.82) is 0 Å². The number of carbonyl (C=O) groups excluding carboxylic acids is 1. The highest BCUT2D eigenvalue weighted by Crippen LogP contribution is 2.07. The number of rotatable bonds is 7. The van der Waals surface area contributed by atoms with E-state index in [4.69, 9.17) is 0 Å². The first kappa shape index (κ1) is 15.4. The van der Waals surface area contributed by atoms with Gasteiger partial charge in [-0.25, -0.2) is 0 Å². The highest BCUT2D eigenvalue weighted by atomic mass is 32.2. The summed E-state index contributed by atoms with van der Waals surface area (Å²) in [4.78, 5) is 11.0. The monoisotopic (exact) mass is 290 g/mol. The number of carbonyl (C=O) groups is 1. The van der Waals surface area contributed by atoms with Crippen molar-refractivity contribution in [1.82, 2.24) is 14.5 Å². The minimum Gasteiger partial charge on any atom is -0.468 e. The Morgan fingerprint density at radius 2 is 2.21 bits per heavy atom. The van der Waals surface area contributed by atoms with Crippen molar-refractivity contribution >= 4 is 21.9 Å². The molecule has 9 heteroatoms. The minimum atomic E-state index is -3.62. The Hall–Kier alpha value is -1.61. The zero-order valence-electron chi connectivity index (χ0n) is 11.1. The lowest BCUT2D eigenvalue weighted by Gasteiger charge is -2.09. The van der Waals surface area contributed by atoms with Crippen molar-refractivity contribution in [2.24, 2.45) is 5.92 Å². The van der Waals surface area contributed by atoms with Gasteiger partial charge in [0, 0.05) is 12.7 Å². The predicted molar refractivity (Wildman–Crippen MR) is 69.6 cm³/mol. The van der Waals surface area contributed by atoms with Crippen molar-refractivity contribution in [3.05, 3.63) is 12.4 Å². The fraction of sp³-hybridized carbons (Fsp3) is 0.600. The van der Waals surface area contributed by atoms with E-state index >= 15 is 0 Å². The third-order valence-corrected chi connectivity index (χ3v) is 3.14. The molecule has 0 saturated heterocycles. The standard InChI is InChI=1S/C10H18N4O4S/c1-8(2)4-12-19(16,17)13-9-5-11-14(6-9)7-10(15)18-3/h5-6,8,12-13H,4,7H2,1-3H3. The molecule has 0 aromatic carbocycles. The largest absolute Gasteiger partial charge is 0.468 e. The molecular weight excluding hydrogens is 272 g/mol. The molecule has 0 fully saturated rings. The molecule has 108 valence electrons. The quantitative estimate of drug-likeness (QED) is 0.686. The van der Waals surface area contributed by atoms with Crippen LogP contribution in [0.5, 0.6) is 0 Å². The van der Waals surface area contributed by atoms with Crippen LogP contribution in [0.4, 0.5) is 5.69 Å². The van der Waals surface area contributed by atoms with Gasteiger partial charge in [-0.05, 0) is 5.92 Å². The SMILES string of the molecule is COC(=O)Cn1cc(NS(=O)(=O)NCC(C)C)cn1. The van der Waals surface area contributed by atoms with Crippen molar-refractivity contribution < 1.29 is 17.9 Å². The number of nitrogens with one attached hydrogen (secondary N) is 2. The summed E-state index contributed by atoms with van der Waals surface area (Å²) in [5.74, 6) is -0.255. The number of hydrogen-bond donors (Lipinski definition) is 2. The van der Waals surface area contributed by atoms with Crippen LogP contribution < -0.4 is 9.44 Å². The van der Waals surface area contributed by atoms with Gasteiger partial charge in [0.2, 0.25) is 0 Å². The topological polar surface area (TPSA) is 102 Å². The van der Waals surface area contributed by atoms with Gasteiger partial charge in [0.15, 0.2) is 0 Å². The summed E-state index contributed by atoms with van der Waals surface area (Å²) >= 11 is 0. The van der Waals surface area contributed by atoms with Gasteiger partial charge in [-0.3, -0.25) is 14.2 Å². The first-order valence-corrected chi connectivity index (χ1v) is 7.17. The van der Waals surface area contributed by atoms with E-state index in [-0.39, 0.29) is 18.2 Å². The molecule has 0 bridgehead atoms. The first-order chi connectivity index (χ1) is 8.82. The van der Waals surface area contributed by atoms with Gasteiger partial charge in [-0.15, -0.1) is 0 Å². The fourth-order valence-corrected chi connectivity index (χ4v) is 2.21. The van der Waals surface area contributed by atoms with E-state index < -0.39 is 16.2 Å². The Morgan fingerprint density at radius 3 is 2.79 bits per heavy atom. The summed E-state index contributed by atoms with van der Waals surface area (Å²) in [6.45, 7) is 4.07. The second-order valence-electron chi connectivity index (χ2n) is 4.35. The molecule has 8 nitrogen and oxygen atoms in total. The Kier molecular flexibility index (Phi) is 5.31. The predicted octanol–water partition coefficient (Wildman–Crippen LogP) is -0.0416. The van der Waals surface area contributed by atoms with E-state index in [1.54, 1.807) is 0 Å². The van der Waals surface area contributed by atoms with Crippen molar-refractivity contribution in [3.8, 4) is 0 Å². The van der Waals surface area contributed by atoms with E-state index in [1.807, 2.05) is 13.8 Å². The molecule has 0 aliphatic heterocycles. The van der Waals surface area contributed by atoms with E-state index in [0.29, 0.717) is 6.54 Å². The average Bonchev–Trinajstić information content (AvgIpc) is 2.73. The Morgan fingerprint density at radius 1 is 1.53 bits per heavy atom. The van der Waals surface area contributed by atoms with E-state index in [2.05, 4.69) is 19.3 Å². The van der Waals surface area contributed by atoms with Crippen LogP contribution in [-0.2, 0) is 26.3 Å². The lowest BCUT2D eigenvalue weighted by Crippen LogP contribution is -2.32. The molecule has 0 aliphatic carbocycles. The lowest BCUT2D eigenvalue weighted by atomic mass is 10.2. The molecule has 0 aliphatic rings. The first-order valence-electron chi connectivity index (χ1n) is 5.69. The molecule has 1 aromatic rings. The van der Waals surface area contributed by atoms with Crippen LogP contribution in [-0.4, -0.2) is 37.8 Å². The van der Waals surface area contributed by atoms with Gasteiger partial charge in [0.05, 0.1) is 19.0 Å². The van der Waals surface area contributed by atoms with E-state index in [0.717, 1.165) is 0 Å². The number of methoxy groups -OCH3 is 1. The Balaban J connectivity index is 2.60. The maximum absolute atomic E-state index is 11.6. The number of aromatic nitrogens is 2. The number of nitrogens with zero attached hydrogens (tertiary/aromatic N) is 2. The van der Waals surface area contributed by atoms with Crippen LogP contribution in [0.1, 0.15) is 13.8 Å². The lowest BCUT2D eigenvalue weighted by molar-refractivity contribution is -0.141. The Bertz CT molecular complexity index is 523. The molecule has 0 radical (unpaired) electrons.